The first kappa shape index (κ1) is 30.5. The monoisotopic (exact) mass is 655 g/mol. The highest BCUT2D eigenvalue weighted by Crippen LogP contribution is 2.40. The van der Waals surface area contributed by atoms with Gasteiger partial charge in [-0.1, -0.05) is 49.1 Å². The number of fused-ring (bicyclic) bond motifs is 1. The lowest BCUT2D eigenvalue weighted by Crippen LogP contribution is -2.41. The molecule has 0 aliphatic rings. The van der Waals surface area contributed by atoms with E-state index in [0.29, 0.717) is 32.9 Å². The molecule has 2 atom stereocenters. The molecule has 1 unspecified atom stereocenters. The van der Waals surface area contributed by atoms with Crippen LogP contribution < -0.4 is 10.3 Å². The van der Waals surface area contributed by atoms with Crippen molar-refractivity contribution in [3.63, 3.8) is 0 Å². The SMILES string of the molecule is CC(C)(C[C@H](Cc1nc(Br)cc([Si](C)(C)C)c1F)c1ccccc1-c1noc2cc(C(F)(F)F)ccc12)S(N)=O. The van der Waals surface area contributed by atoms with Crippen LogP contribution in [0, 0.1) is 5.82 Å². The van der Waals surface area contributed by atoms with Gasteiger partial charge < -0.3 is 4.52 Å². The Morgan fingerprint density at radius 2 is 1.77 bits per heavy atom. The second-order valence-corrected chi connectivity index (χ2v) is 19.0. The van der Waals surface area contributed by atoms with Gasteiger partial charge in [0.25, 0.3) is 0 Å². The lowest BCUT2D eigenvalue weighted by atomic mass is 9.82. The fourth-order valence-electron chi connectivity index (χ4n) is 4.81. The van der Waals surface area contributed by atoms with Gasteiger partial charge in [0.05, 0.1) is 35.1 Å². The molecule has 0 saturated carbocycles. The van der Waals surface area contributed by atoms with Crippen molar-refractivity contribution < 1.29 is 26.3 Å². The Balaban J connectivity index is 1.88. The van der Waals surface area contributed by atoms with Gasteiger partial charge in [-0.3, -0.25) is 5.14 Å². The highest BCUT2D eigenvalue weighted by molar-refractivity contribution is 9.10. The van der Waals surface area contributed by atoms with Gasteiger partial charge in [-0.15, -0.1) is 0 Å². The molecule has 2 heterocycles. The Morgan fingerprint density at radius 1 is 1.10 bits per heavy atom. The summed E-state index contributed by atoms with van der Waals surface area (Å²) < 4.78 is 73.2. The highest BCUT2D eigenvalue weighted by Gasteiger charge is 2.34. The maximum Gasteiger partial charge on any atom is 0.416 e. The minimum absolute atomic E-state index is 0.000881. The Morgan fingerprint density at radius 3 is 2.40 bits per heavy atom. The molecule has 0 saturated heterocycles. The molecule has 4 aromatic rings. The molecule has 214 valence electrons. The second-order valence-electron chi connectivity index (χ2n) is 11.5. The van der Waals surface area contributed by atoms with Crippen molar-refractivity contribution in [1.29, 1.82) is 0 Å². The first-order valence-corrected chi connectivity index (χ1v) is 18.1. The number of aromatic nitrogens is 2. The third kappa shape index (κ3) is 6.40. The van der Waals surface area contributed by atoms with Crippen LogP contribution in [-0.4, -0.2) is 27.2 Å². The molecule has 0 amide bonds. The van der Waals surface area contributed by atoms with E-state index in [0.717, 1.165) is 17.7 Å². The van der Waals surface area contributed by atoms with Crippen LogP contribution in [0.25, 0.3) is 22.2 Å². The van der Waals surface area contributed by atoms with Crippen LogP contribution in [-0.2, 0) is 23.6 Å². The summed E-state index contributed by atoms with van der Waals surface area (Å²) in [7, 11) is -3.75. The summed E-state index contributed by atoms with van der Waals surface area (Å²) in [5, 5.41) is 11.0. The number of halogens is 5. The van der Waals surface area contributed by atoms with Crippen LogP contribution in [0.15, 0.2) is 57.7 Å². The molecule has 4 rings (SSSR count). The van der Waals surface area contributed by atoms with Crippen LogP contribution in [0.4, 0.5) is 17.6 Å². The van der Waals surface area contributed by atoms with Crippen molar-refractivity contribution in [2.45, 2.75) is 63.2 Å². The van der Waals surface area contributed by atoms with Gasteiger partial charge in [-0.05, 0) is 83.6 Å². The number of nitrogens with zero attached hydrogens (tertiary/aromatic N) is 2. The Bertz CT molecular complexity index is 1580. The predicted octanol–water partition coefficient (Wildman–Crippen LogP) is 7.47. The molecule has 0 fully saturated rings. The molecule has 0 aliphatic carbocycles. The van der Waals surface area contributed by atoms with Crippen LogP contribution in [0.5, 0.6) is 0 Å². The molecule has 0 spiro atoms. The predicted molar refractivity (Wildman–Crippen MR) is 157 cm³/mol. The fraction of sp³-hybridized carbons (Fsp3) is 0.357. The van der Waals surface area contributed by atoms with Gasteiger partial charge >= 0.3 is 6.18 Å². The minimum atomic E-state index is -4.52. The third-order valence-electron chi connectivity index (χ3n) is 6.98. The zero-order valence-electron chi connectivity index (χ0n) is 22.7. The Hall–Kier alpha value is -2.41. The van der Waals surface area contributed by atoms with Gasteiger partial charge in [-0.25, -0.2) is 13.6 Å². The molecule has 2 aromatic carbocycles. The van der Waals surface area contributed by atoms with Crippen molar-refractivity contribution >= 4 is 51.1 Å². The van der Waals surface area contributed by atoms with Gasteiger partial charge in [-0.2, -0.15) is 13.2 Å². The number of rotatable bonds is 8. The fourth-order valence-corrected chi connectivity index (χ4v) is 7.20. The summed E-state index contributed by atoms with van der Waals surface area (Å²) in [5.41, 5.74) is 1.15. The summed E-state index contributed by atoms with van der Waals surface area (Å²) in [6.07, 6.45) is -4.03. The second kappa shape index (κ2) is 11.1. The largest absolute Gasteiger partial charge is 0.416 e. The van der Waals surface area contributed by atoms with Crippen molar-refractivity contribution in [2.75, 3.05) is 0 Å². The van der Waals surface area contributed by atoms with Gasteiger partial charge in [0.15, 0.2) is 5.58 Å². The average molecular weight is 657 g/mol. The standard InChI is InChI=1S/C28H30BrF4N3O2SSi/c1-27(2,39(34)37)15-16(12-21-25(30)23(40(3,4)5)14-24(29)35-21)18-8-6-7-9-19(18)26-20-11-10-17(28(31,32)33)13-22(20)38-36-26/h6-11,13-14,16H,12,15,34H2,1-5H3/t16-,39?/m0/s1. The molecular formula is C28H30BrF4N3O2SSi. The minimum Gasteiger partial charge on any atom is -0.356 e. The number of alkyl halides is 3. The van der Waals surface area contributed by atoms with E-state index in [9.17, 15) is 17.4 Å². The molecule has 0 aliphatic heterocycles. The van der Waals surface area contributed by atoms with Gasteiger partial charge in [0.2, 0.25) is 0 Å². The Kier molecular flexibility index (Phi) is 8.48. The number of hydrogen-bond donors (Lipinski definition) is 1. The summed E-state index contributed by atoms with van der Waals surface area (Å²) in [5.74, 6) is -0.770. The van der Waals surface area contributed by atoms with Crippen molar-refractivity contribution in [3.05, 3.63) is 75.8 Å². The van der Waals surface area contributed by atoms with Gasteiger partial charge in [0.1, 0.15) is 16.1 Å². The topological polar surface area (TPSA) is 82.0 Å². The molecule has 0 radical (unpaired) electrons. The lowest BCUT2D eigenvalue weighted by molar-refractivity contribution is -0.137. The van der Waals surface area contributed by atoms with Gasteiger partial charge in [0, 0.05) is 10.9 Å². The maximum atomic E-state index is 15.9. The van der Waals surface area contributed by atoms with E-state index in [1.807, 2.05) is 12.1 Å². The first-order valence-electron chi connectivity index (χ1n) is 12.6. The molecule has 12 heteroatoms. The molecule has 2 N–H and O–H groups in total. The van der Waals surface area contributed by atoms with Crippen molar-refractivity contribution in [3.8, 4) is 11.3 Å². The van der Waals surface area contributed by atoms with Crippen LogP contribution >= 0.6 is 15.9 Å². The van der Waals surface area contributed by atoms with E-state index in [4.69, 9.17) is 9.66 Å². The van der Waals surface area contributed by atoms with Crippen LogP contribution in [0.1, 0.15) is 43.0 Å². The number of benzene rings is 2. The number of pyridine rings is 1. The smallest absolute Gasteiger partial charge is 0.356 e. The first-order chi connectivity index (χ1) is 18.5. The summed E-state index contributed by atoms with van der Waals surface area (Å²) >= 11 is 3.44. The summed E-state index contributed by atoms with van der Waals surface area (Å²) in [6, 6.07) is 12.2. The number of nitrogens with two attached hydrogens (primary N) is 1. The zero-order chi connectivity index (χ0) is 29.6. The highest BCUT2D eigenvalue weighted by atomic mass is 79.9. The maximum absolute atomic E-state index is 15.9. The quantitative estimate of drug-likeness (QED) is 0.121. The average Bonchev–Trinajstić information content (AvgIpc) is 3.27. The lowest BCUT2D eigenvalue weighted by Gasteiger charge is -2.29. The van der Waals surface area contributed by atoms with E-state index in [1.165, 1.54) is 6.07 Å². The van der Waals surface area contributed by atoms with E-state index in [-0.39, 0.29) is 23.5 Å². The van der Waals surface area contributed by atoms with E-state index >= 15 is 4.39 Å². The van der Waals surface area contributed by atoms with E-state index in [2.05, 4.69) is 45.7 Å². The van der Waals surface area contributed by atoms with Crippen molar-refractivity contribution in [1.82, 2.24) is 10.1 Å². The molecule has 40 heavy (non-hydrogen) atoms. The number of hydrogen-bond acceptors (Lipinski definition) is 4. The summed E-state index contributed by atoms with van der Waals surface area (Å²) in [4.78, 5) is 4.48. The van der Waals surface area contributed by atoms with Crippen molar-refractivity contribution in [2.24, 2.45) is 5.14 Å². The zero-order valence-corrected chi connectivity index (χ0v) is 26.1. The Labute approximate surface area is 242 Å². The normalized spacial score (nSPS) is 14.5. The summed E-state index contributed by atoms with van der Waals surface area (Å²) in [6.45, 7) is 9.71. The molecule has 0 bridgehead atoms. The molecule has 2 aromatic heterocycles. The van der Waals surface area contributed by atoms with E-state index < -0.39 is 41.5 Å². The van der Waals surface area contributed by atoms with Crippen LogP contribution in [0.3, 0.4) is 0 Å². The molecule has 5 nitrogen and oxygen atoms in total. The molecular weight excluding hydrogens is 626 g/mol. The third-order valence-corrected chi connectivity index (χ3v) is 10.6. The van der Waals surface area contributed by atoms with Crippen LogP contribution in [0.2, 0.25) is 19.6 Å². The van der Waals surface area contributed by atoms with E-state index in [1.54, 1.807) is 32.0 Å².